The number of rotatable bonds is 6. The van der Waals surface area contributed by atoms with Crippen LogP contribution >= 0.6 is 11.6 Å². The first-order valence-corrected chi connectivity index (χ1v) is 6.61. The summed E-state index contributed by atoms with van der Waals surface area (Å²) in [5.41, 5.74) is -2.00. The molecular formula is C13H17BClF3O3. The zero-order valence-corrected chi connectivity index (χ0v) is 13.0. The second-order valence-electron chi connectivity index (χ2n) is 5.59. The third kappa shape index (κ3) is 4.53. The van der Waals surface area contributed by atoms with Crippen molar-refractivity contribution in [3.8, 4) is 5.75 Å². The maximum absolute atomic E-state index is 14.0. The molecule has 118 valence electrons. The van der Waals surface area contributed by atoms with E-state index in [1.54, 1.807) is 27.7 Å². The van der Waals surface area contributed by atoms with E-state index in [4.69, 9.17) is 16.3 Å². The lowest BCUT2D eigenvalue weighted by molar-refractivity contribution is -0.0893. The van der Waals surface area contributed by atoms with Gasteiger partial charge in [0, 0.05) is 0 Å². The standard InChI is InChI=1S/C13H17BClF3O3/c1-12(2,19)13(3,4)21-14-7-5-6-8(20-11(17)18)9(15)10(7)16/h5-6,11,14,19H,1-4H3. The van der Waals surface area contributed by atoms with Gasteiger partial charge >= 0.3 is 14.1 Å². The highest BCUT2D eigenvalue weighted by Crippen LogP contribution is 2.28. The molecule has 0 aliphatic carbocycles. The maximum atomic E-state index is 14.0. The minimum Gasteiger partial charge on any atom is -0.433 e. The summed E-state index contributed by atoms with van der Waals surface area (Å²) in [4.78, 5) is 0. The molecule has 0 fully saturated rings. The van der Waals surface area contributed by atoms with Crippen LogP contribution < -0.4 is 10.2 Å². The summed E-state index contributed by atoms with van der Waals surface area (Å²) in [5.74, 6) is -1.32. The highest BCUT2D eigenvalue weighted by molar-refractivity contribution is 6.48. The predicted octanol–water partition coefficient (Wildman–Crippen LogP) is 2.62. The first-order chi connectivity index (χ1) is 9.45. The first kappa shape index (κ1) is 18.1. The molecule has 1 N–H and O–H groups in total. The molecule has 8 heteroatoms. The van der Waals surface area contributed by atoms with Crippen molar-refractivity contribution >= 4 is 24.5 Å². The van der Waals surface area contributed by atoms with Crippen molar-refractivity contribution < 1.29 is 27.7 Å². The Kier molecular flexibility index (Phi) is 5.58. The van der Waals surface area contributed by atoms with Gasteiger partial charge in [0.1, 0.15) is 16.6 Å². The van der Waals surface area contributed by atoms with Crippen LogP contribution in [0.15, 0.2) is 12.1 Å². The molecule has 0 unspecified atom stereocenters. The third-order valence-electron chi connectivity index (χ3n) is 3.40. The molecule has 0 amide bonds. The Labute approximate surface area is 127 Å². The smallest absolute Gasteiger partial charge is 0.387 e. The molecule has 3 nitrogen and oxygen atoms in total. The van der Waals surface area contributed by atoms with Gasteiger partial charge < -0.3 is 14.5 Å². The highest BCUT2D eigenvalue weighted by Gasteiger charge is 2.36. The minimum atomic E-state index is -3.09. The molecule has 0 aliphatic heterocycles. The Bertz CT molecular complexity index is 504. The van der Waals surface area contributed by atoms with Gasteiger partial charge in [0.15, 0.2) is 0 Å². The Morgan fingerprint density at radius 3 is 2.29 bits per heavy atom. The van der Waals surface area contributed by atoms with Crippen molar-refractivity contribution in [1.82, 2.24) is 0 Å². The van der Waals surface area contributed by atoms with Crippen LogP contribution in [0.2, 0.25) is 5.02 Å². The van der Waals surface area contributed by atoms with E-state index in [1.165, 1.54) is 6.07 Å². The monoisotopic (exact) mass is 324 g/mol. The van der Waals surface area contributed by atoms with Crippen LogP contribution in [0, 0.1) is 5.82 Å². The Balaban J connectivity index is 2.89. The average Bonchev–Trinajstić information content (AvgIpc) is 2.32. The number of hydrogen-bond acceptors (Lipinski definition) is 3. The van der Waals surface area contributed by atoms with Crippen LogP contribution in [-0.2, 0) is 4.65 Å². The number of halogens is 4. The van der Waals surface area contributed by atoms with Crippen molar-refractivity contribution in [3.05, 3.63) is 23.0 Å². The molecular weight excluding hydrogens is 307 g/mol. The lowest BCUT2D eigenvalue weighted by Crippen LogP contribution is -2.49. The number of ether oxygens (including phenoxy) is 1. The Morgan fingerprint density at radius 2 is 1.81 bits per heavy atom. The fraction of sp³-hybridized carbons (Fsp3) is 0.538. The number of aliphatic hydroxyl groups is 1. The molecule has 0 aliphatic rings. The molecule has 0 radical (unpaired) electrons. The zero-order valence-electron chi connectivity index (χ0n) is 12.2. The van der Waals surface area contributed by atoms with Gasteiger partial charge in [-0.25, -0.2) is 4.39 Å². The van der Waals surface area contributed by atoms with Crippen LogP contribution in [0.25, 0.3) is 0 Å². The van der Waals surface area contributed by atoms with Crippen molar-refractivity contribution in [2.45, 2.75) is 45.5 Å². The van der Waals surface area contributed by atoms with Gasteiger partial charge in [-0.3, -0.25) is 0 Å². The van der Waals surface area contributed by atoms with Crippen molar-refractivity contribution in [3.63, 3.8) is 0 Å². The average molecular weight is 325 g/mol. The zero-order chi connectivity index (χ0) is 16.4. The van der Waals surface area contributed by atoms with Crippen LogP contribution in [0.1, 0.15) is 27.7 Å². The van der Waals surface area contributed by atoms with E-state index < -0.39 is 34.4 Å². The summed E-state index contributed by atoms with van der Waals surface area (Å²) in [5, 5.41) is 9.41. The topological polar surface area (TPSA) is 38.7 Å². The van der Waals surface area contributed by atoms with Gasteiger partial charge in [-0.05, 0) is 39.2 Å². The molecule has 0 spiro atoms. The lowest BCUT2D eigenvalue weighted by Gasteiger charge is -2.37. The van der Waals surface area contributed by atoms with E-state index >= 15 is 0 Å². The SMILES string of the molecule is CC(C)(O)C(C)(C)OBc1ccc(OC(F)F)c(Cl)c1F. The normalized spacial score (nSPS) is 12.7. The van der Waals surface area contributed by atoms with Crippen molar-refractivity contribution in [2.24, 2.45) is 0 Å². The summed E-state index contributed by atoms with van der Waals surface area (Å²) >= 11 is 5.64. The van der Waals surface area contributed by atoms with Crippen LogP contribution in [0.5, 0.6) is 5.75 Å². The van der Waals surface area contributed by atoms with Crippen molar-refractivity contribution in [1.29, 1.82) is 0 Å². The predicted molar refractivity (Wildman–Crippen MR) is 76.3 cm³/mol. The Hall–Kier alpha value is -0.915. The third-order valence-corrected chi connectivity index (χ3v) is 3.76. The fourth-order valence-electron chi connectivity index (χ4n) is 1.30. The fourth-order valence-corrected chi connectivity index (χ4v) is 1.53. The summed E-state index contributed by atoms with van der Waals surface area (Å²) in [6.45, 7) is 3.35. The van der Waals surface area contributed by atoms with E-state index in [0.717, 1.165) is 6.07 Å². The van der Waals surface area contributed by atoms with Gasteiger partial charge in [0.25, 0.3) is 0 Å². The summed E-state index contributed by atoms with van der Waals surface area (Å²) in [6, 6.07) is 2.40. The second-order valence-corrected chi connectivity index (χ2v) is 5.97. The molecule has 0 saturated heterocycles. The molecule has 0 aromatic heterocycles. The van der Waals surface area contributed by atoms with Crippen LogP contribution in [0.4, 0.5) is 13.2 Å². The van der Waals surface area contributed by atoms with E-state index in [0.29, 0.717) is 0 Å². The molecule has 21 heavy (non-hydrogen) atoms. The molecule has 1 rings (SSSR count). The Morgan fingerprint density at radius 1 is 1.24 bits per heavy atom. The first-order valence-electron chi connectivity index (χ1n) is 6.23. The van der Waals surface area contributed by atoms with E-state index in [1.807, 2.05) is 0 Å². The van der Waals surface area contributed by atoms with E-state index in [2.05, 4.69) is 4.74 Å². The van der Waals surface area contributed by atoms with Gasteiger partial charge in [0.05, 0.1) is 11.2 Å². The molecule has 1 aromatic carbocycles. The van der Waals surface area contributed by atoms with Crippen molar-refractivity contribution in [2.75, 3.05) is 0 Å². The number of benzene rings is 1. The van der Waals surface area contributed by atoms with Gasteiger partial charge in [-0.15, -0.1) is 0 Å². The molecule has 1 aromatic rings. The number of hydrogen-bond donors (Lipinski definition) is 1. The number of alkyl halides is 2. The molecule has 0 saturated carbocycles. The van der Waals surface area contributed by atoms with Gasteiger partial charge in [-0.2, -0.15) is 8.78 Å². The van der Waals surface area contributed by atoms with Gasteiger partial charge in [-0.1, -0.05) is 17.7 Å². The summed E-state index contributed by atoms with van der Waals surface area (Å²) in [7, 11) is -0.169. The second kappa shape index (κ2) is 6.46. The molecule has 0 bridgehead atoms. The molecule has 0 heterocycles. The van der Waals surface area contributed by atoms with Gasteiger partial charge in [0.2, 0.25) is 0 Å². The van der Waals surface area contributed by atoms with Crippen LogP contribution in [-0.4, -0.2) is 30.4 Å². The van der Waals surface area contributed by atoms with Crippen LogP contribution in [0.3, 0.4) is 0 Å². The van der Waals surface area contributed by atoms with E-state index in [9.17, 15) is 18.3 Å². The highest BCUT2D eigenvalue weighted by atomic mass is 35.5. The molecule has 0 atom stereocenters. The summed E-state index contributed by atoms with van der Waals surface area (Å²) in [6.07, 6.45) is 0. The quantitative estimate of drug-likeness (QED) is 0.818. The minimum absolute atomic E-state index is 0.0824. The summed E-state index contributed by atoms with van der Waals surface area (Å²) < 4.78 is 47.8. The largest absolute Gasteiger partial charge is 0.433 e. The maximum Gasteiger partial charge on any atom is 0.387 e. The van der Waals surface area contributed by atoms with E-state index in [-0.39, 0.29) is 12.9 Å². The lowest BCUT2D eigenvalue weighted by atomic mass is 9.82.